The summed E-state index contributed by atoms with van der Waals surface area (Å²) < 4.78 is 11.2. The summed E-state index contributed by atoms with van der Waals surface area (Å²) in [5.41, 5.74) is 0.818. The van der Waals surface area contributed by atoms with Crippen molar-refractivity contribution in [3.8, 4) is 0 Å². The highest BCUT2D eigenvalue weighted by atomic mass is 35.5. The van der Waals surface area contributed by atoms with Crippen molar-refractivity contribution >= 4 is 44.9 Å². The molecular weight excluding hydrogens is 314 g/mol. The normalized spacial score (nSPS) is 19.0. The van der Waals surface area contributed by atoms with Crippen LogP contribution in [-0.4, -0.2) is 48.8 Å². The number of nitrogens with zero attached hydrogens (tertiary/aromatic N) is 3. The maximum atomic E-state index is 11.6. The molecule has 0 aliphatic carbocycles. The van der Waals surface area contributed by atoms with Crippen molar-refractivity contribution in [3.63, 3.8) is 0 Å². The molecule has 0 N–H and O–H groups in total. The predicted octanol–water partition coefficient (Wildman–Crippen LogP) is 2.11. The van der Waals surface area contributed by atoms with Gasteiger partial charge >= 0.3 is 5.97 Å². The van der Waals surface area contributed by atoms with Crippen LogP contribution in [0.2, 0.25) is 5.28 Å². The Labute approximate surface area is 130 Å². The summed E-state index contributed by atoms with van der Waals surface area (Å²) in [5.74, 6) is 0.496. The molecule has 0 amide bonds. The lowest BCUT2D eigenvalue weighted by Crippen LogP contribution is -2.47. The number of aromatic nitrogens is 2. The Kier molecular flexibility index (Phi) is 4.23. The standard InChI is InChI=1S/C13H14ClN3O3S/c1-19-10(18)6-8-7-20-4-3-17(8)12-11-9(2-5-21-11)15-13(14)16-12/h2,5,8H,3-4,6-7H2,1H3/t8-/m1/s1. The minimum atomic E-state index is -0.266. The van der Waals surface area contributed by atoms with E-state index >= 15 is 0 Å². The maximum Gasteiger partial charge on any atom is 0.307 e. The smallest absolute Gasteiger partial charge is 0.307 e. The van der Waals surface area contributed by atoms with Gasteiger partial charge in [-0.1, -0.05) is 0 Å². The van der Waals surface area contributed by atoms with Crippen LogP contribution < -0.4 is 4.90 Å². The SMILES string of the molecule is COC(=O)C[C@@H]1COCCN1c1nc(Cl)nc2ccsc12. The molecule has 2 aromatic heterocycles. The van der Waals surface area contributed by atoms with Gasteiger partial charge in [0.25, 0.3) is 0 Å². The number of carbonyl (C=O) groups excluding carboxylic acids is 1. The molecule has 8 heteroatoms. The maximum absolute atomic E-state index is 11.6. The summed E-state index contributed by atoms with van der Waals surface area (Å²) in [6, 6.07) is 1.80. The van der Waals surface area contributed by atoms with Gasteiger partial charge in [0.05, 0.1) is 43.0 Å². The Morgan fingerprint density at radius 2 is 2.48 bits per heavy atom. The van der Waals surface area contributed by atoms with E-state index in [1.807, 2.05) is 11.4 Å². The number of halogens is 1. The third kappa shape index (κ3) is 2.95. The fraction of sp³-hybridized carbons (Fsp3) is 0.462. The Balaban J connectivity index is 1.97. The molecule has 1 fully saturated rings. The number of anilines is 1. The average Bonchev–Trinajstić information content (AvgIpc) is 2.95. The van der Waals surface area contributed by atoms with Gasteiger partial charge in [-0.3, -0.25) is 4.79 Å². The second-order valence-electron chi connectivity index (χ2n) is 4.65. The molecule has 0 aromatic carbocycles. The van der Waals surface area contributed by atoms with E-state index in [0.717, 1.165) is 16.0 Å². The zero-order valence-electron chi connectivity index (χ0n) is 11.4. The van der Waals surface area contributed by atoms with Crippen LogP contribution in [0.5, 0.6) is 0 Å². The number of morpholine rings is 1. The third-order valence-corrected chi connectivity index (χ3v) is 4.46. The van der Waals surface area contributed by atoms with Crippen molar-refractivity contribution < 1.29 is 14.3 Å². The number of methoxy groups -OCH3 is 1. The van der Waals surface area contributed by atoms with Crippen molar-refractivity contribution in [1.82, 2.24) is 9.97 Å². The van der Waals surface area contributed by atoms with E-state index in [9.17, 15) is 4.79 Å². The number of carbonyl (C=O) groups is 1. The molecule has 0 radical (unpaired) electrons. The molecular formula is C13H14ClN3O3S. The topological polar surface area (TPSA) is 64.6 Å². The minimum Gasteiger partial charge on any atom is -0.469 e. The predicted molar refractivity (Wildman–Crippen MR) is 81.0 cm³/mol. The first-order chi connectivity index (χ1) is 10.2. The van der Waals surface area contributed by atoms with E-state index in [1.165, 1.54) is 7.11 Å². The van der Waals surface area contributed by atoms with Gasteiger partial charge in [-0.05, 0) is 23.0 Å². The second kappa shape index (κ2) is 6.13. The van der Waals surface area contributed by atoms with Gasteiger partial charge in [0.2, 0.25) is 5.28 Å². The first kappa shape index (κ1) is 14.5. The summed E-state index contributed by atoms with van der Waals surface area (Å²) in [5, 5.41) is 2.16. The van der Waals surface area contributed by atoms with Crippen LogP contribution in [0.3, 0.4) is 0 Å². The van der Waals surface area contributed by atoms with Gasteiger partial charge in [0.1, 0.15) is 0 Å². The summed E-state index contributed by atoms with van der Waals surface area (Å²) in [6.45, 7) is 1.71. The van der Waals surface area contributed by atoms with Crippen LogP contribution >= 0.6 is 22.9 Å². The van der Waals surface area contributed by atoms with E-state index in [4.69, 9.17) is 21.1 Å². The van der Waals surface area contributed by atoms with E-state index in [2.05, 4.69) is 14.9 Å². The van der Waals surface area contributed by atoms with Gasteiger partial charge in [0.15, 0.2) is 5.82 Å². The Morgan fingerprint density at radius 1 is 1.62 bits per heavy atom. The highest BCUT2D eigenvalue weighted by Gasteiger charge is 2.29. The third-order valence-electron chi connectivity index (χ3n) is 3.39. The molecule has 1 aliphatic rings. The Morgan fingerprint density at radius 3 is 3.29 bits per heavy atom. The summed E-state index contributed by atoms with van der Waals surface area (Å²) in [7, 11) is 1.38. The highest BCUT2D eigenvalue weighted by Crippen LogP contribution is 2.32. The number of rotatable bonds is 3. The number of thiophene rings is 1. The van der Waals surface area contributed by atoms with Gasteiger partial charge in [-0.2, -0.15) is 4.98 Å². The molecule has 0 bridgehead atoms. The molecule has 2 aromatic rings. The van der Waals surface area contributed by atoms with Crippen molar-refractivity contribution in [1.29, 1.82) is 0 Å². The molecule has 3 heterocycles. The quantitative estimate of drug-likeness (QED) is 0.635. The highest BCUT2D eigenvalue weighted by molar-refractivity contribution is 7.17. The summed E-state index contributed by atoms with van der Waals surface area (Å²) >= 11 is 7.57. The van der Waals surface area contributed by atoms with Crippen LogP contribution in [0.4, 0.5) is 5.82 Å². The largest absolute Gasteiger partial charge is 0.469 e. The van der Waals surface area contributed by atoms with E-state index in [1.54, 1.807) is 11.3 Å². The number of ether oxygens (including phenoxy) is 2. The van der Waals surface area contributed by atoms with Crippen molar-refractivity contribution in [3.05, 3.63) is 16.7 Å². The summed E-state index contributed by atoms with van der Waals surface area (Å²) in [4.78, 5) is 22.2. The Hall–Kier alpha value is -1.44. The number of hydrogen-bond donors (Lipinski definition) is 0. The van der Waals surface area contributed by atoms with Gasteiger partial charge in [-0.25, -0.2) is 4.98 Å². The number of esters is 1. The monoisotopic (exact) mass is 327 g/mol. The van der Waals surface area contributed by atoms with Gasteiger partial charge in [-0.15, -0.1) is 11.3 Å². The zero-order chi connectivity index (χ0) is 14.8. The Bertz CT molecular complexity index is 663. The van der Waals surface area contributed by atoms with Crippen molar-refractivity contribution in [2.24, 2.45) is 0 Å². The molecule has 21 heavy (non-hydrogen) atoms. The lowest BCUT2D eigenvalue weighted by atomic mass is 10.1. The molecule has 0 saturated carbocycles. The van der Waals surface area contributed by atoms with E-state index in [0.29, 0.717) is 19.8 Å². The number of hydrogen-bond acceptors (Lipinski definition) is 7. The van der Waals surface area contributed by atoms with Crippen molar-refractivity contribution in [2.45, 2.75) is 12.5 Å². The lowest BCUT2D eigenvalue weighted by Gasteiger charge is -2.36. The van der Waals surface area contributed by atoms with Gasteiger partial charge < -0.3 is 14.4 Å². The van der Waals surface area contributed by atoms with E-state index in [-0.39, 0.29) is 23.7 Å². The molecule has 3 rings (SSSR count). The van der Waals surface area contributed by atoms with Crippen LogP contribution in [-0.2, 0) is 14.3 Å². The average molecular weight is 328 g/mol. The molecule has 0 spiro atoms. The molecule has 1 atom stereocenters. The van der Waals surface area contributed by atoms with Crippen LogP contribution in [0, 0.1) is 0 Å². The second-order valence-corrected chi connectivity index (χ2v) is 5.91. The fourth-order valence-corrected chi connectivity index (χ4v) is 3.40. The molecule has 0 unspecified atom stereocenters. The van der Waals surface area contributed by atoms with Crippen molar-refractivity contribution in [2.75, 3.05) is 31.8 Å². The molecule has 1 aliphatic heterocycles. The van der Waals surface area contributed by atoms with Crippen LogP contribution in [0.1, 0.15) is 6.42 Å². The first-order valence-corrected chi connectivity index (χ1v) is 7.76. The first-order valence-electron chi connectivity index (χ1n) is 6.51. The fourth-order valence-electron chi connectivity index (χ4n) is 2.39. The summed E-state index contributed by atoms with van der Waals surface area (Å²) in [6.07, 6.45) is 0.255. The molecule has 6 nitrogen and oxygen atoms in total. The van der Waals surface area contributed by atoms with Crippen LogP contribution in [0.25, 0.3) is 10.2 Å². The lowest BCUT2D eigenvalue weighted by molar-refractivity contribution is -0.141. The molecule has 1 saturated heterocycles. The molecule has 112 valence electrons. The minimum absolute atomic E-state index is 0.109. The number of fused-ring (bicyclic) bond motifs is 1. The van der Waals surface area contributed by atoms with Crippen LogP contribution in [0.15, 0.2) is 11.4 Å². The van der Waals surface area contributed by atoms with Gasteiger partial charge in [0, 0.05) is 6.54 Å². The zero-order valence-corrected chi connectivity index (χ0v) is 13.0. The van der Waals surface area contributed by atoms with E-state index < -0.39 is 0 Å².